The predicted octanol–water partition coefficient (Wildman–Crippen LogP) is 0.908. The van der Waals surface area contributed by atoms with Crippen molar-refractivity contribution in [2.24, 2.45) is 21.6 Å². The van der Waals surface area contributed by atoms with Crippen LogP contribution in [0, 0.1) is 0 Å². The molecule has 0 aromatic carbocycles. The van der Waals surface area contributed by atoms with Crippen LogP contribution >= 0.6 is 35.5 Å². The number of hydrogen-bond donors (Lipinski definition) is 3. The average Bonchev–Trinajstić information content (AvgIpc) is 2.74. The van der Waals surface area contributed by atoms with Crippen LogP contribution in [0.1, 0.15) is 5.69 Å². The largest absolute Gasteiger partial charge is 0.390 e. The second-order valence-electron chi connectivity index (χ2n) is 2.65. The van der Waals surface area contributed by atoms with Crippen LogP contribution in [0.4, 0.5) is 5.13 Å². The summed E-state index contributed by atoms with van der Waals surface area (Å²) in [6.07, 6.45) is 2.74. The van der Waals surface area contributed by atoms with Crippen LogP contribution in [0.3, 0.4) is 0 Å². The number of nitrogens with zero attached hydrogens (tertiary/aromatic N) is 3. The predicted molar refractivity (Wildman–Crippen MR) is 78.5 cm³/mol. The lowest BCUT2D eigenvalue weighted by atomic mass is 10.6. The van der Waals surface area contributed by atoms with Crippen molar-refractivity contribution in [1.82, 2.24) is 10.4 Å². The van der Waals surface area contributed by atoms with E-state index in [9.17, 15) is 0 Å². The Morgan fingerprint density at radius 2 is 2.41 bits per heavy atom. The molecule has 0 saturated carbocycles. The highest BCUT2D eigenvalue weighted by Crippen LogP contribution is 2.21. The fourth-order valence-corrected chi connectivity index (χ4v) is 2.39. The maximum Gasteiger partial charge on any atom is 0.210 e. The van der Waals surface area contributed by atoms with Gasteiger partial charge in [-0.15, -0.1) is 23.7 Å². The summed E-state index contributed by atoms with van der Waals surface area (Å²) in [7, 11) is 0. The summed E-state index contributed by atoms with van der Waals surface area (Å²) in [4.78, 5) is 12.2. The molecule has 1 rings (SSSR count). The SMILES string of the molecule is Cl.NC=NCCSCc1csc(N=CNN)n1. The van der Waals surface area contributed by atoms with Gasteiger partial charge >= 0.3 is 0 Å². The summed E-state index contributed by atoms with van der Waals surface area (Å²) in [5.41, 5.74) is 8.49. The molecule has 0 radical (unpaired) electrons. The molecule has 0 bridgehead atoms. The molecule has 0 aliphatic carbocycles. The van der Waals surface area contributed by atoms with E-state index < -0.39 is 0 Å². The number of nitrogens with two attached hydrogens (primary N) is 2. The third-order valence-electron chi connectivity index (χ3n) is 1.51. The second-order valence-corrected chi connectivity index (χ2v) is 4.60. The molecule has 0 amide bonds. The summed E-state index contributed by atoms with van der Waals surface area (Å²) >= 11 is 3.26. The first-order chi connectivity index (χ1) is 7.86. The summed E-state index contributed by atoms with van der Waals surface area (Å²) in [5, 5.41) is 2.69. The zero-order valence-corrected chi connectivity index (χ0v) is 11.5. The molecule has 0 unspecified atom stereocenters. The number of halogens is 1. The van der Waals surface area contributed by atoms with Gasteiger partial charge in [-0.1, -0.05) is 0 Å². The van der Waals surface area contributed by atoms with E-state index in [4.69, 9.17) is 11.6 Å². The molecule has 17 heavy (non-hydrogen) atoms. The number of thioether (sulfide) groups is 1. The van der Waals surface area contributed by atoms with Crippen molar-refractivity contribution in [3.63, 3.8) is 0 Å². The smallest absolute Gasteiger partial charge is 0.210 e. The Hall–Kier alpha value is -0.830. The number of nitrogens with one attached hydrogen (secondary N) is 1. The van der Waals surface area contributed by atoms with Crippen LogP contribution in [0.25, 0.3) is 0 Å². The van der Waals surface area contributed by atoms with Crippen molar-refractivity contribution >= 4 is 53.3 Å². The first-order valence-electron chi connectivity index (χ1n) is 4.57. The van der Waals surface area contributed by atoms with Gasteiger partial charge in [-0.3, -0.25) is 4.99 Å². The van der Waals surface area contributed by atoms with Crippen LogP contribution in [0.15, 0.2) is 15.4 Å². The molecule has 0 saturated heterocycles. The van der Waals surface area contributed by atoms with Crippen molar-refractivity contribution in [3.8, 4) is 0 Å². The Morgan fingerprint density at radius 3 is 3.12 bits per heavy atom. The van der Waals surface area contributed by atoms with Gasteiger partial charge in [-0.05, 0) is 0 Å². The lowest BCUT2D eigenvalue weighted by Gasteiger charge is -1.94. The lowest BCUT2D eigenvalue weighted by molar-refractivity contribution is 1.05. The fraction of sp³-hybridized carbons (Fsp3) is 0.375. The Balaban J connectivity index is 0.00000256. The van der Waals surface area contributed by atoms with E-state index >= 15 is 0 Å². The zero-order valence-electron chi connectivity index (χ0n) is 9.07. The summed E-state index contributed by atoms with van der Waals surface area (Å²) in [6, 6.07) is 0. The molecular formula is C8H15ClN6S2. The van der Waals surface area contributed by atoms with Crippen LogP contribution in [0.5, 0.6) is 0 Å². The minimum atomic E-state index is 0. The number of rotatable bonds is 7. The van der Waals surface area contributed by atoms with E-state index in [0.29, 0.717) is 5.13 Å². The Labute approximate surface area is 114 Å². The second kappa shape index (κ2) is 10.3. The normalized spacial score (nSPS) is 10.9. The van der Waals surface area contributed by atoms with Crippen molar-refractivity contribution in [3.05, 3.63) is 11.1 Å². The molecule has 6 nitrogen and oxygen atoms in total. The molecule has 1 aromatic rings. The molecule has 0 spiro atoms. The van der Waals surface area contributed by atoms with E-state index in [1.54, 1.807) is 11.8 Å². The van der Waals surface area contributed by atoms with Gasteiger partial charge in [-0.25, -0.2) is 15.8 Å². The van der Waals surface area contributed by atoms with Gasteiger partial charge in [0.05, 0.1) is 12.0 Å². The van der Waals surface area contributed by atoms with Gasteiger partial charge < -0.3 is 11.2 Å². The van der Waals surface area contributed by atoms with Gasteiger partial charge in [-0.2, -0.15) is 11.8 Å². The molecule has 5 N–H and O–H groups in total. The molecule has 9 heteroatoms. The summed E-state index contributed by atoms with van der Waals surface area (Å²) < 4.78 is 0. The summed E-state index contributed by atoms with van der Waals surface area (Å²) in [6.45, 7) is 0.743. The maximum absolute atomic E-state index is 5.13. The van der Waals surface area contributed by atoms with Gasteiger partial charge in [0.15, 0.2) is 0 Å². The Kier molecular flexibility index (Phi) is 9.83. The minimum absolute atomic E-state index is 0. The molecule has 1 aromatic heterocycles. The number of thiazole rings is 1. The van der Waals surface area contributed by atoms with E-state index in [1.807, 2.05) is 5.38 Å². The molecule has 0 aliphatic heterocycles. The van der Waals surface area contributed by atoms with Gasteiger partial charge in [0.1, 0.15) is 6.34 Å². The number of aromatic nitrogens is 1. The van der Waals surface area contributed by atoms with Crippen LogP contribution in [-0.4, -0.2) is 30.0 Å². The molecule has 0 fully saturated rings. The molecular weight excluding hydrogens is 280 g/mol. The molecule has 1 heterocycles. The topological polar surface area (TPSA) is 102 Å². The van der Waals surface area contributed by atoms with Gasteiger partial charge in [0.25, 0.3) is 0 Å². The van der Waals surface area contributed by atoms with E-state index in [1.165, 1.54) is 24.0 Å². The number of aliphatic imine (C=N–C) groups is 2. The van der Waals surface area contributed by atoms with Gasteiger partial charge in [0, 0.05) is 23.4 Å². The van der Waals surface area contributed by atoms with E-state index in [-0.39, 0.29) is 12.4 Å². The molecule has 96 valence electrons. The van der Waals surface area contributed by atoms with Crippen LogP contribution < -0.4 is 17.0 Å². The first-order valence-corrected chi connectivity index (χ1v) is 6.61. The monoisotopic (exact) mass is 294 g/mol. The third-order valence-corrected chi connectivity index (χ3v) is 3.28. The standard InChI is InChI=1S/C8H14N6S2.ClH/c9-5-11-1-2-15-3-7-4-16-8(14-7)12-6-13-10;/h4-6H,1-3,10H2,(H2,9,11)(H,12,13,14);1H. The van der Waals surface area contributed by atoms with E-state index in [0.717, 1.165) is 23.7 Å². The van der Waals surface area contributed by atoms with Crippen molar-refractivity contribution in [2.45, 2.75) is 5.75 Å². The van der Waals surface area contributed by atoms with Crippen molar-refractivity contribution < 1.29 is 0 Å². The third kappa shape index (κ3) is 7.16. The average molecular weight is 295 g/mol. The highest BCUT2D eigenvalue weighted by Gasteiger charge is 1.99. The number of hydrogen-bond acceptors (Lipinski definition) is 6. The first kappa shape index (κ1) is 16.2. The lowest BCUT2D eigenvalue weighted by Crippen LogP contribution is -2.18. The van der Waals surface area contributed by atoms with Crippen LogP contribution in [-0.2, 0) is 5.75 Å². The van der Waals surface area contributed by atoms with Crippen molar-refractivity contribution in [1.29, 1.82) is 0 Å². The fourth-order valence-electron chi connectivity index (χ4n) is 0.883. The highest BCUT2D eigenvalue weighted by molar-refractivity contribution is 7.98. The Morgan fingerprint density at radius 1 is 1.59 bits per heavy atom. The maximum atomic E-state index is 5.13. The van der Waals surface area contributed by atoms with Crippen molar-refractivity contribution in [2.75, 3.05) is 12.3 Å². The van der Waals surface area contributed by atoms with Crippen LogP contribution in [0.2, 0.25) is 0 Å². The highest BCUT2D eigenvalue weighted by atomic mass is 35.5. The number of hydrazine groups is 1. The zero-order chi connectivity index (χ0) is 11.6. The molecule has 0 atom stereocenters. The Bertz CT molecular complexity index is 354. The summed E-state index contributed by atoms with van der Waals surface area (Å²) in [5.74, 6) is 6.86. The van der Waals surface area contributed by atoms with E-state index in [2.05, 4.69) is 20.4 Å². The quantitative estimate of drug-likeness (QED) is 0.228. The van der Waals surface area contributed by atoms with Gasteiger partial charge in [0.2, 0.25) is 5.13 Å². The minimum Gasteiger partial charge on any atom is -0.390 e. The molecule has 0 aliphatic rings.